The van der Waals surface area contributed by atoms with Crippen LogP contribution in [-0.4, -0.2) is 39.5 Å². The molecule has 1 atom stereocenters. The lowest BCUT2D eigenvalue weighted by molar-refractivity contribution is 0.282. The Morgan fingerprint density at radius 2 is 2.41 bits per heavy atom. The van der Waals surface area contributed by atoms with Crippen LogP contribution in [0.5, 0.6) is 0 Å². The molecule has 0 aliphatic carbocycles. The van der Waals surface area contributed by atoms with Gasteiger partial charge in [0, 0.05) is 25.4 Å². The van der Waals surface area contributed by atoms with Crippen molar-refractivity contribution in [1.82, 2.24) is 9.78 Å². The van der Waals surface area contributed by atoms with Gasteiger partial charge >= 0.3 is 0 Å². The number of aliphatic hydroxyl groups is 1. The van der Waals surface area contributed by atoms with Gasteiger partial charge in [0.15, 0.2) is 0 Å². The third-order valence-corrected chi connectivity index (χ3v) is 3.79. The van der Waals surface area contributed by atoms with Crippen molar-refractivity contribution < 1.29 is 5.11 Å². The Labute approximate surface area is 113 Å². The second-order valence-corrected chi connectivity index (χ2v) is 5.31. The fourth-order valence-corrected chi connectivity index (χ4v) is 2.51. The maximum absolute atomic E-state index is 11.6. The smallest absolute Gasteiger partial charge is 0.282 e. The lowest BCUT2D eigenvalue weighted by Crippen LogP contribution is -2.27. The minimum absolute atomic E-state index is 0.119. The highest BCUT2D eigenvalue weighted by Gasteiger charge is 2.12. The van der Waals surface area contributed by atoms with Crippen LogP contribution in [-0.2, 0) is 7.05 Å². The summed E-state index contributed by atoms with van der Waals surface area (Å²) in [6, 6.07) is 0.125. The highest BCUT2D eigenvalue weighted by atomic mass is 79.9. The molecule has 0 radical (unpaired) electrons. The molecule has 0 spiro atoms. The van der Waals surface area contributed by atoms with Crippen molar-refractivity contribution in [2.24, 2.45) is 7.05 Å². The van der Waals surface area contributed by atoms with Crippen LogP contribution in [0, 0.1) is 0 Å². The zero-order valence-electron chi connectivity index (χ0n) is 9.81. The van der Waals surface area contributed by atoms with E-state index in [1.165, 1.54) is 4.68 Å². The number of hydrogen-bond donors (Lipinski definition) is 2. The second kappa shape index (κ2) is 7.03. The minimum atomic E-state index is -0.179. The number of nitrogens with one attached hydrogen (secondary N) is 1. The van der Waals surface area contributed by atoms with Crippen molar-refractivity contribution >= 4 is 33.4 Å². The van der Waals surface area contributed by atoms with Crippen LogP contribution in [0.15, 0.2) is 15.5 Å². The first-order valence-corrected chi connectivity index (χ1v) is 7.37. The average molecular weight is 322 g/mol. The molecule has 0 amide bonds. The number of aliphatic hydroxyl groups excluding tert-OH is 1. The van der Waals surface area contributed by atoms with Gasteiger partial charge < -0.3 is 10.4 Å². The second-order valence-electron chi connectivity index (χ2n) is 3.61. The summed E-state index contributed by atoms with van der Waals surface area (Å²) >= 11 is 4.95. The third-order valence-electron chi connectivity index (χ3n) is 2.28. The van der Waals surface area contributed by atoms with E-state index in [9.17, 15) is 4.79 Å². The normalized spacial score (nSPS) is 12.5. The summed E-state index contributed by atoms with van der Waals surface area (Å²) in [6.45, 7) is 0.119. The maximum Gasteiger partial charge on any atom is 0.282 e. The maximum atomic E-state index is 11.6. The van der Waals surface area contributed by atoms with Crippen LogP contribution in [0.1, 0.15) is 6.42 Å². The number of rotatable bonds is 6. The monoisotopic (exact) mass is 321 g/mol. The van der Waals surface area contributed by atoms with E-state index in [1.54, 1.807) is 25.0 Å². The molecule has 0 aliphatic heterocycles. The number of hydrogen-bond acceptors (Lipinski definition) is 5. The Morgan fingerprint density at radius 1 is 1.71 bits per heavy atom. The van der Waals surface area contributed by atoms with Crippen LogP contribution in [0.25, 0.3) is 0 Å². The van der Waals surface area contributed by atoms with Crippen LogP contribution in [0.4, 0.5) is 5.69 Å². The Balaban J connectivity index is 2.86. The molecular weight excluding hydrogens is 306 g/mol. The Kier molecular flexibility index (Phi) is 6.01. The summed E-state index contributed by atoms with van der Waals surface area (Å²) in [7, 11) is 1.60. The quantitative estimate of drug-likeness (QED) is 0.820. The van der Waals surface area contributed by atoms with Crippen LogP contribution in [0.3, 0.4) is 0 Å². The van der Waals surface area contributed by atoms with E-state index >= 15 is 0 Å². The number of anilines is 1. The molecule has 1 heterocycles. The molecule has 1 unspecified atom stereocenters. The number of nitrogens with zero attached hydrogens (tertiary/aromatic N) is 2. The molecule has 0 saturated carbocycles. The number of thioether (sulfide) groups is 1. The lowest BCUT2D eigenvalue weighted by atomic mass is 10.2. The first-order valence-electron chi connectivity index (χ1n) is 5.18. The van der Waals surface area contributed by atoms with Crippen molar-refractivity contribution in [3.63, 3.8) is 0 Å². The molecule has 0 bridgehead atoms. The first-order chi connectivity index (χ1) is 8.10. The van der Waals surface area contributed by atoms with Gasteiger partial charge in [0.2, 0.25) is 0 Å². The number of halogens is 1. The molecular formula is C10H16BrN3O2S. The van der Waals surface area contributed by atoms with Gasteiger partial charge in [0.1, 0.15) is 4.47 Å². The van der Waals surface area contributed by atoms with Gasteiger partial charge in [0.05, 0.1) is 11.9 Å². The van der Waals surface area contributed by atoms with Gasteiger partial charge in [-0.2, -0.15) is 16.9 Å². The fourth-order valence-electron chi connectivity index (χ4n) is 1.39. The van der Waals surface area contributed by atoms with Crippen molar-refractivity contribution in [2.45, 2.75) is 12.5 Å². The van der Waals surface area contributed by atoms with Gasteiger partial charge in [-0.15, -0.1) is 0 Å². The third kappa shape index (κ3) is 4.01. The zero-order valence-corrected chi connectivity index (χ0v) is 12.2. The topological polar surface area (TPSA) is 67.2 Å². The summed E-state index contributed by atoms with van der Waals surface area (Å²) in [5.41, 5.74) is 0.488. The molecule has 1 aromatic rings. The van der Waals surface area contributed by atoms with Crippen LogP contribution < -0.4 is 10.9 Å². The van der Waals surface area contributed by atoms with Crippen molar-refractivity contribution in [2.75, 3.05) is 23.9 Å². The summed E-state index contributed by atoms with van der Waals surface area (Å²) in [6.07, 6.45) is 4.25. The van der Waals surface area contributed by atoms with Crippen molar-refractivity contribution in [1.29, 1.82) is 0 Å². The lowest BCUT2D eigenvalue weighted by Gasteiger charge is -2.18. The van der Waals surface area contributed by atoms with Crippen LogP contribution >= 0.6 is 27.7 Å². The number of aryl methyl sites for hydroxylation is 1. The molecule has 0 aromatic carbocycles. The summed E-state index contributed by atoms with van der Waals surface area (Å²) in [5, 5.41) is 16.1. The molecule has 0 saturated heterocycles. The van der Waals surface area contributed by atoms with E-state index in [0.29, 0.717) is 16.6 Å². The van der Waals surface area contributed by atoms with E-state index in [0.717, 1.165) is 5.75 Å². The largest absolute Gasteiger partial charge is 0.396 e. The molecule has 0 fully saturated rings. The van der Waals surface area contributed by atoms with E-state index in [2.05, 4.69) is 26.3 Å². The average Bonchev–Trinajstić information content (AvgIpc) is 2.30. The predicted molar refractivity (Wildman–Crippen MR) is 74.7 cm³/mol. The van der Waals surface area contributed by atoms with Gasteiger partial charge in [-0.1, -0.05) is 0 Å². The van der Waals surface area contributed by atoms with E-state index in [-0.39, 0.29) is 18.2 Å². The molecule has 2 N–H and O–H groups in total. The van der Waals surface area contributed by atoms with Crippen molar-refractivity contribution in [3.8, 4) is 0 Å². The summed E-state index contributed by atoms with van der Waals surface area (Å²) in [5.74, 6) is 0.863. The standard InChI is InChI=1S/C10H16BrN3O2S/c1-14-10(16)9(11)8(5-12-14)13-7(3-4-15)6-17-2/h5,7,13,15H,3-4,6H2,1-2H3. The number of aromatic nitrogens is 2. The predicted octanol–water partition coefficient (Wildman–Crippen LogP) is 1.07. The highest BCUT2D eigenvalue weighted by molar-refractivity contribution is 9.10. The van der Waals surface area contributed by atoms with Gasteiger partial charge in [-0.3, -0.25) is 4.79 Å². The Hall–Kier alpha value is -0.530. The van der Waals surface area contributed by atoms with Gasteiger partial charge in [0.25, 0.3) is 5.56 Å². The molecule has 1 rings (SSSR count). The molecule has 5 nitrogen and oxygen atoms in total. The molecule has 96 valence electrons. The molecule has 1 aromatic heterocycles. The van der Waals surface area contributed by atoms with Gasteiger partial charge in [-0.25, -0.2) is 4.68 Å². The Bertz CT molecular complexity index is 419. The minimum Gasteiger partial charge on any atom is -0.396 e. The van der Waals surface area contributed by atoms with E-state index < -0.39 is 0 Å². The van der Waals surface area contributed by atoms with Crippen LogP contribution in [0.2, 0.25) is 0 Å². The van der Waals surface area contributed by atoms with Gasteiger partial charge in [-0.05, 0) is 28.6 Å². The highest BCUT2D eigenvalue weighted by Crippen LogP contribution is 2.18. The summed E-state index contributed by atoms with van der Waals surface area (Å²) in [4.78, 5) is 11.6. The van der Waals surface area contributed by atoms with E-state index in [1.807, 2.05) is 6.26 Å². The summed E-state index contributed by atoms with van der Waals surface area (Å²) < 4.78 is 1.74. The molecule has 7 heteroatoms. The van der Waals surface area contributed by atoms with Crippen molar-refractivity contribution in [3.05, 3.63) is 21.0 Å². The molecule has 0 aliphatic rings. The van der Waals surface area contributed by atoms with E-state index in [4.69, 9.17) is 5.11 Å². The zero-order chi connectivity index (χ0) is 12.8. The SMILES string of the molecule is CSCC(CCO)Nc1cnn(C)c(=O)c1Br. The molecule has 17 heavy (non-hydrogen) atoms. The Morgan fingerprint density at radius 3 is 3.00 bits per heavy atom. The fraction of sp³-hybridized carbons (Fsp3) is 0.600. The first kappa shape index (κ1) is 14.5.